The molecule has 0 fully saturated rings. The first kappa shape index (κ1) is 22.2. The van der Waals surface area contributed by atoms with E-state index in [1.165, 1.54) is 0 Å². The Morgan fingerprint density at radius 3 is 2.72 bits per heavy atom. The molecule has 0 bridgehead atoms. The first-order valence-electron chi connectivity index (χ1n) is 10.7. The minimum absolute atomic E-state index is 0.0106. The number of Topliss-reactive ketones (excluding diaryl/α,β-unsaturated/α-hetero) is 1. The number of hydrogen-bond donors (Lipinski definition) is 3. The zero-order valence-electron chi connectivity index (χ0n) is 18.2. The molecule has 0 radical (unpaired) electrons. The van der Waals surface area contributed by atoms with Gasteiger partial charge >= 0.3 is 0 Å². The number of ether oxygens (including phenoxy) is 1. The van der Waals surface area contributed by atoms with Crippen LogP contribution in [0.25, 0.3) is 33.2 Å². The number of aromatic nitrogens is 2. The van der Waals surface area contributed by atoms with Gasteiger partial charge in [0.2, 0.25) is 5.91 Å². The number of ketones is 1. The van der Waals surface area contributed by atoms with Crippen molar-refractivity contribution in [1.29, 1.82) is 0 Å². The first-order chi connectivity index (χ1) is 15.5. The Bertz CT molecular complexity index is 1290. The topological polar surface area (TPSA) is 87.0 Å². The molecule has 0 saturated heterocycles. The zero-order valence-corrected chi connectivity index (χ0v) is 18.9. The van der Waals surface area contributed by atoms with Crippen molar-refractivity contribution in [2.45, 2.75) is 19.3 Å². The molecule has 4 rings (SSSR count). The second-order valence-electron chi connectivity index (χ2n) is 7.96. The number of fused-ring (bicyclic) bond motifs is 2. The number of benzene rings is 2. The molecule has 2 heterocycles. The van der Waals surface area contributed by atoms with Crippen LogP contribution in [-0.4, -0.2) is 49.8 Å². The summed E-state index contributed by atoms with van der Waals surface area (Å²) in [6.07, 6.45) is 1.08. The average Bonchev–Trinajstić information content (AvgIpc) is 3.34. The van der Waals surface area contributed by atoms with Gasteiger partial charge in [0.1, 0.15) is 7.85 Å². The molecule has 8 heteroatoms. The van der Waals surface area contributed by atoms with Gasteiger partial charge in [-0.3, -0.25) is 9.59 Å². The Labute approximate surface area is 192 Å². The molecule has 6 nitrogen and oxygen atoms in total. The lowest BCUT2D eigenvalue weighted by atomic mass is 9.93. The number of methoxy groups -OCH3 is 1. The van der Waals surface area contributed by atoms with Crippen molar-refractivity contribution in [3.63, 3.8) is 0 Å². The van der Waals surface area contributed by atoms with E-state index in [1.54, 1.807) is 7.11 Å². The smallest absolute Gasteiger partial charge is 0.220 e. The summed E-state index contributed by atoms with van der Waals surface area (Å²) in [7, 11) is 3.61. The summed E-state index contributed by atoms with van der Waals surface area (Å²) in [5.74, 6) is -0.0615. The Morgan fingerprint density at radius 1 is 1.06 bits per heavy atom. The third kappa shape index (κ3) is 4.74. The molecule has 0 atom stereocenters. The SMILES string of the molecule is Bc1ccc2c(C(=O)CCCC(=O)NCCOC)c(-c3cc4cc(Cl)ccc4[nH]3)[nH]c2c1. The van der Waals surface area contributed by atoms with Crippen molar-refractivity contribution in [3.8, 4) is 11.4 Å². The molecule has 0 aliphatic carbocycles. The van der Waals surface area contributed by atoms with Crippen LogP contribution in [0.2, 0.25) is 5.02 Å². The first-order valence-corrected chi connectivity index (χ1v) is 11.0. The van der Waals surface area contributed by atoms with Gasteiger partial charge in [-0.05, 0) is 36.8 Å². The Hall–Kier alpha value is -3.03. The van der Waals surface area contributed by atoms with Crippen molar-refractivity contribution in [2.75, 3.05) is 20.3 Å². The fourth-order valence-corrected chi connectivity index (χ4v) is 4.14. The molecule has 4 aromatic rings. The van der Waals surface area contributed by atoms with E-state index in [0.717, 1.165) is 38.7 Å². The highest BCUT2D eigenvalue weighted by Gasteiger charge is 2.21. The highest BCUT2D eigenvalue weighted by molar-refractivity contribution is 6.33. The Balaban J connectivity index is 1.62. The molecule has 1 amide bonds. The van der Waals surface area contributed by atoms with E-state index in [2.05, 4.69) is 15.3 Å². The molecule has 0 unspecified atom stereocenters. The van der Waals surface area contributed by atoms with E-state index in [0.29, 0.717) is 36.6 Å². The number of halogens is 1. The summed E-state index contributed by atoms with van der Waals surface area (Å²) in [4.78, 5) is 32.1. The molecule has 2 aromatic heterocycles. The fraction of sp³-hybridized carbons (Fsp3) is 0.250. The molecular formula is C24H25BClN3O3. The predicted molar refractivity (Wildman–Crippen MR) is 132 cm³/mol. The lowest BCUT2D eigenvalue weighted by Crippen LogP contribution is -2.26. The van der Waals surface area contributed by atoms with Crippen molar-refractivity contribution in [2.24, 2.45) is 0 Å². The van der Waals surface area contributed by atoms with Gasteiger partial charge in [-0.1, -0.05) is 29.2 Å². The van der Waals surface area contributed by atoms with Gasteiger partial charge in [0, 0.05) is 53.3 Å². The monoisotopic (exact) mass is 449 g/mol. The number of aromatic amines is 2. The van der Waals surface area contributed by atoms with Gasteiger partial charge in [0.05, 0.1) is 23.6 Å². The maximum atomic E-state index is 13.3. The second-order valence-corrected chi connectivity index (χ2v) is 8.39. The molecule has 0 saturated carbocycles. The van der Waals surface area contributed by atoms with Crippen LogP contribution in [0.15, 0.2) is 42.5 Å². The van der Waals surface area contributed by atoms with Gasteiger partial charge in [-0.25, -0.2) is 0 Å². The lowest BCUT2D eigenvalue weighted by Gasteiger charge is -2.05. The van der Waals surface area contributed by atoms with Gasteiger partial charge in [-0.15, -0.1) is 0 Å². The normalized spacial score (nSPS) is 11.3. The molecule has 32 heavy (non-hydrogen) atoms. The van der Waals surface area contributed by atoms with E-state index < -0.39 is 0 Å². The highest BCUT2D eigenvalue weighted by Crippen LogP contribution is 2.33. The molecule has 0 aliphatic rings. The largest absolute Gasteiger partial charge is 0.383 e. The van der Waals surface area contributed by atoms with Crippen LogP contribution in [0.1, 0.15) is 29.6 Å². The van der Waals surface area contributed by atoms with Crippen molar-refractivity contribution >= 4 is 58.4 Å². The van der Waals surface area contributed by atoms with Gasteiger partial charge in [0.15, 0.2) is 5.78 Å². The summed E-state index contributed by atoms with van der Waals surface area (Å²) < 4.78 is 4.93. The number of amides is 1. The maximum Gasteiger partial charge on any atom is 0.220 e. The number of carbonyl (C=O) groups is 2. The Kier molecular flexibility index (Phi) is 6.67. The summed E-state index contributed by atoms with van der Waals surface area (Å²) in [5, 5.41) is 5.32. The molecule has 0 spiro atoms. The fourth-order valence-electron chi connectivity index (χ4n) is 3.96. The van der Waals surface area contributed by atoms with Crippen LogP contribution in [0.5, 0.6) is 0 Å². The Morgan fingerprint density at radius 2 is 1.91 bits per heavy atom. The number of hydrogen-bond acceptors (Lipinski definition) is 3. The van der Waals surface area contributed by atoms with E-state index >= 15 is 0 Å². The zero-order chi connectivity index (χ0) is 22.7. The summed E-state index contributed by atoms with van der Waals surface area (Å²) in [6.45, 7) is 0.943. The summed E-state index contributed by atoms with van der Waals surface area (Å²) >= 11 is 6.14. The maximum absolute atomic E-state index is 13.3. The highest BCUT2D eigenvalue weighted by atomic mass is 35.5. The van der Waals surface area contributed by atoms with Crippen LogP contribution in [0.4, 0.5) is 0 Å². The van der Waals surface area contributed by atoms with Crippen molar-refractivity contribution < 1.29 is 14.3 Å². The van der Waals surface area contributed by atoms with Crippen LogP contribution in [0, 0.1) is 0 Å². The lowest BCUT2D eigenvalue weighted by molar-refractivity contribution is -0.121. The number of H-pyrrole nitrogens is 2. The van der Waals surface area contributed by atoms with Gasteiger partial charge in [0.25, 0.3) is 0 Å². The molecule has 2 aromatic carbocycles. The minimum atomic E-state index is -0.0721. The van der Waals surface area contributed by atoms with Crippen molar-refractivity contribution in [3.05, 3.63) is 53.1 Å². The van der Waals surface area contributed by atoms with E-state index in [4.69, 9.17) is 16.3 Å². The van der Waals surface area contributed by atoms with E-state index in [1.807, 2.05) is 50.3 Å². The number of rotatable bonds is 9. The van der Waals surface area contributed by atoms with Gasteiger partial charge in [-0.2, -0.15) is 0 Å². The van der Waals surface area contributed by atoms with E-state index in [-0.39, 0.29) is 18.1 Å². The molecular weight excluding hydrogens is 425 g/mol. The standard InChI is InChI=1S/C24H25BClN3O3/c1-32-10-9-27-22(31)4-2-3-21(30)23-17-7-5-15(25)13-19(17)29-24(23)20-12-14-11-16(26)6-8-18(14)28-20/h5-8,11-13,28-29H,2-4,9-10,25H2,1H3,(H,27,31). The van der Waals surface area contributed by atoms with Crippen LogP contribution < -0.4 is 10.8 Å². The number of carbonyl (C=O) groups excluding carboxylic acids is 2. The van der Waals surface area contributed by atoms with E-state index in [9.17, 15) is 9.59 Å². The van der Waals surface area contributed by atoms with Crippen LogP contribution in [0.3, 0.4) is 0 Å². The predicted octanol–water partition coefficient (Wildman–Crippen LogP) is 3.34. The van der Waals surface area contributed by atoms with Crippen LogP contribution >= 0.6 is 11.6 Å². The third-order valence-electron chi connectivity index (χ3n) is 5.52. The third-order valence-corrected chi connectivity index (χ3v) is 5.76. The van der Waals surface area contributed by atoms with Crippen LogP contribution in [-0.2, 0) is 9.53 Å². The number of nitrogens with one attached hydrogen (secondary N) is 3. The quantitative estimate of drug-likeness (QED) is 0.208. The molecule has 3 N–H and O–H groups in total. The molecule has 164 valence electrons. The van der Waals surface area contributed by atoms with Crippen molar-refractivity contribution in [1.82, 2.24) is 15.3 Å². The van der Waals surface area contributed by atoms with Gasteiger partial charge < -0.3 is 20.0 Å². The average molecular weight is 450 g/mol. The minimum Gasteiger partial charge on any atom is -0.383 e. The summed E-state index contributed by atoms with van der Waals surface area (Å²) in [6, 6.07) is 13.7. The molecule has 0 aliphatic heterocycles. The second kappa shape index (κ2) is 9.63. The summed E-state index contributed by atoms with van der Waals surface area (Å²) in [5.41, 5.74) is 5.21.